The summed E-state index contributed by atoms with van der Waals surface area (Å²) in [4.78, 5) is 20.3. The van der Waals surface area contributed by atoms with Gasteiger partial charge in [0.25, 0.3) is 0 Å². The maximum absolute atomic E-state index is 12.8. The van der Waals surface area contributed by atoms with E-state index in [4.69, 9.17) is 0 Å². The number of rotatable bonds is 3. The lowest BCUT2D eigenvalue weighted by Crippen LogP contribution is -2.42. The van der Waals surface area contributed by atoms with E-state index in [-0.39, 0.29) is 17.9 Å². The fourth-order valence-electron chi connectivity index (χ4n) is 3.17. The largest absolute Gasteiger partial charge is 0.340 e. The molecule has 0 N–H and O–H groups in total. The number of thiophene rings is 1. The number of aryl methyl sites for hydroxylation is 2. The molecule has 1 amide bonds. The Labute approximate surface area is 135 Å². The zero-order valence-corrected chi connectivity index (χ0v) is 14.1. The van der Waals surface area contributed by atoms with Crippen LogP contribution in [0.4, 0.5) is 0 Å². The Morgan fingerprint density at radius 1 is 1.45 bits per heavy atom. The molecule has 2 aromatic rings. The van der Waals surface area contributed by atoms with Gasteiger partial charge in [-0.05, 0) is 45.1 Å². The minimum absolute atomic E-state index is 0.0580. The third-order valence-electron chi connectivity index (χ3n) is 4.30. The Morgan fingerprint density at radius 2 is 2.27 bits per heavy atom. The molecule has 0 unspecified atom stereocenters. The summed E-state index contributed by atoms with van der Waals surface area (Å²) in [6.45, 7) is 7.47. The molecule has 0 saturated carbocycles. The summed E-state index contributed by atoms with van der Waals surface area (Å²) in [6.07, 6.45) is 2.08. The topological polar surface area (TPSA) is 51.0 Å². The van der Waals surface area contributed by atoms with Crippen LogP contribution in [-0.4, -0.2) is 38.7 Å². The first-order chi connectivity index (χ1) is 10.6. The molecule has 0 aliphatic carbocycles. The molecule has 1 aliphatic heterocycles. The van der Waals surface area contributed by atoms with Crippen molar-refractivity contribution < 1.29 is 4.79 Å². The molecule has 0 spiro atoms. The van der Waals surface area contributed by atoms with Crippen LogP contribution in [0.25, 0.3) is 0 Å². The average molecular weight is 318 g/mol. The van der Waals surface area contributed by atoms with Crippen LogP contribution in [0.3, 0.4) is 0 Å². The first kappa shape index (κ1) is 15.2. The molecule has 0 bridgehead atoms. The van der Waals surface area contributed by atoms with Gasteiger partial charge < -0.3 is 4.90 Å². The van der Waals surface area contributed by atoms with E-state index >= 15 is 0 Å². The van der Waals surface area contributed by atoms with Crippen molar-refractivity contribution in [2.45, 2.75) is 45.6 Å². The summed E-state index contributed by atoms with van der Waals surface area (Å²) in [6, 6.07) is 4.29. The highest BCUT2D eigenvalue weighted by Crippen LogP contribution is 2.27. The summed E-state index contributed by atoms with van der Waals surface area (Å²) >= 11 is 1.65. The predicted octanol–water partition coefficient (Wildman–Crippen LogP) is 2.92. The first-order valence-electron chi connectivity index (χ1n) is 7.78. The van der Waals surface area contributed by atoms with Gasteiger partial charge in [0, 0.05) is 18.0 Å². The fraction of sp³-hybridized carbons (Fsp3) is 0.562. The van der Waals surface area contributed by atoms with Crippen LogP contribution < -0.4 is 0 Å². The molecule has 118 valence electrons. The number of amides is 1. The van der Waals surface area contributed by atoms with Gasteiger partial charge in [0.1, 0.15) is 11.6 Å². The average Bonchev–Trinajstić information content (AvgIpc) is 3.15. The number of nitrogens with zero attached hydrogens (tertiary/aromatic N) is 4. The molecule has 5 nitrogen and oxygen atoms in total. The van der Waals surface area contributed by atoms with Gasteiger partial charge in [-0.2, -0.15) is 5.10 Å². The van der Waals surface area contributed by atoms with Crippen LogP contribution >= 0.6 is 11.3 Å². The van der Waals surface area contributed by atoms with Crippen LogP contribution in [0.15, 0.2) is 17.5 Å². The zero-order valence-electron chi connectivity index (χ0n) is 13.3. The Hall–Kier alpha value is -1.69. The standard InChI is InChI=1S/C16H22N4OS/c1-11(15-7-5-9-22-15)16(21)19-8-4-6-14(10-19)20-13(3)17-12(2)18-20/h5,7,9,11,14H,4,6,8,10H2,1-3H3/t11-,14-/m0/s1. The van der Waals surface area contributed by atoms with Crippen LogP contribution in [0.1, 0.15) is 48.3 Å². The minimum atomic E-state index is -0.0580. The van der Waals surface area contributed by atoms with Crippen molar-refractivity contribution in [3.63, 3.8) is 0 Å². The molecular formula is C16H22N4OS. The number of likely N-dealkylation sites (tertiary alicyclic amines) is 1. The number of carbonyl (C=O) groups is 1. The molecule has 1 aliphatic rings. The van der Waals surface area contributed by atoms with Crippen molar-refractivity contribution in [2.24, 2.45) is 0 Å². The first-order valence-corrected chi connectivity index (χ1v) is 8.66. The van der Waals surface area contributed by atoms with E-state index in [0.29, 0.717) is 0 Å². The highest BCUT2D eigenvalue weighted by molar-refractivity contribution is 7.10. The molecule has 3 rings (SSSR count). The highest BCUT2D eigenvalue weighted by atomic mass is 32.1. The summed E-state index contributed by atoms with van der Waals surface area (Å²) in [5.74, 6) is 1.90. The minimum Gasteiger partial charge on any atom is -0.340 e. The Bertz CT molecular complexity index is 649. The van der Waals surface area contributed by atoms with Gasteiger partial charge >= 0.3 is 0 Å². The zero-order chi connectivity index (χ0) is 15.7. The molecule has 2 atom stereocenters. The van der Waals surface area contributed by atoms with Crippen molar-refractivity contribution in [2.75, 3.05) is 13.1 Å². The molecule has 6 heteroatoms. The predicted molar refractivity (Wildman–Crippen MR) is 87.1 cm³/mol. The van der Waals surface area contributed by atoms with Crippen molar-refractivity contribution in [1.29, 1.82) is 0 Å². The number of hydrogen-bond acceptors (Lipinski definition) is 4. The van der Waals surface area contributed by atoms with E-state index in [1.54, 1.807) is 11.3 Å². The van der Waals surface area contributed by atoms with Crippen molar-refractivity contribution in [3.8, 4) is 0 Å². The fourth-order valence-corrected chi connectivity index (χ4v) is 3.95. The van der Waals surface area contributed by atoms with Crippen molar-refractivity contribution >= 4 is 17.2 Å². The van der Waals surface area contributed by atoms with Crippen molar-refractivity contribution in [3.05, 3.63) is 34.0 Å². The van der Waals surface area contributed by atoms with Crippen LogP contribution in [0.2, 0.25) is 0 Å². The molecule has 3 heterocycles. The van der Waals surface area contributed by atoms with E-state index in [9.17, 15) is 4.79 Å². The molecule has 2 aromatic heterocycles. The third kappa shape index (κ3) is 2.92. The van der Waals surface area contributed by atoms with E-state index in [0.717, 1.165) is 42.5 Å². The number of carbonyl (C=O) groups excluding carboxylic acids is 1. The van der Waals surface area contributed by atoms with Gasteiger partial charge in [-0.25, -0.2) is 9.67 Å². The van der Waals surface area contributed by atoms with Gasteiger partial charge in [0.05, 0.1) is 12.0 Å². The maximum atomic E-state index is 12.8. The van der Waals surface area contributed by atoms with Gasteiger partial charge in [-0.15, -0.1) is 11.3 Å². The second kappa shape index (κ2) is 6.20. The SMILES string of the molecule is Cc1nc(C)n([C@H]2CCCN(C(=O)[C@@H](C)c3cccs3)C2)n1. The Kier molecular flexibility index (Phi) is 4.29. The normalized spacial score (nSPS) is 20.1. The van der Waals surface area contributed by atoms with Crippen LogP contribution in [0, 0.1) is 13.8 Å². The summed E-state index contributed by atoms with van der Waals surface area (Å²) < 4.78 is 1.99. The molecular weight excluding hydrogens is 296 g/mol. The second-order valence-corrected chi connectivity index (χ2v) is 6.95. The molecule has 1 fully saturated rings. The Balaban J connectivity index is 1.73. The third-order valence-corrected chi connectivity index (χ3v) is 5.36. The maximum Gasteiger partial charge on any atom is 0.230 e. The molecule has 0 aromatic carbocycles. The van der Waals surface area contributed by atoms with Crippen molar-refractivity contribution in [1.82, 2.24) is 19.7 Å². The summed E-state index contributed by atoms with van der Waals surface area (Å²) in [5.41, 5.74) is 0. The lowest BCUT2D eigenvalue weighted by molar-refractivity contribution is -0.134. The number of hydrogen-bond donors (Lipinski definition) is 0. The lowest BCUT2D eigenvalue weighted by Gasteiger charge is -2.34. The smallest absolute Gasteiger partial charge is 0.230 e. The lowest BCUT2D eigenvalue weighted by atomic mass is 10.0. The van der Waals surface area contributed by atoms with Gasteiger partial charge in [0.2, 0.25) is 5.91 Å². The molecule has 0 radical (unpaired) electrons. The van der Waals surface area contributed by atoms with E-state index in [2.05, 4.69) is 10.1 Å². The summed E-state index contributed by atoms with van der Waals surface area (Å²) in [7, 11) is 0. The van der Waals surface area contributed by atoms with E-state index in [1.807, 2.05) is 47.9 Å². The second-order valence-electron chi connectivity index (χ2n) is 5.97. The Morgan fingerprint density at radius 3 is 2.91 bits per heavy atom. The van der Waals surface area contributed by atoms with Gasteiger partial charge in [-0.3, -0.25) is 4.79 Å². The quantitative estimate of drug-likeness (QED) is 0.874. The number of piperidine rings is 1. The van der Waals surface area contributed by atoms with Gasteiger partial charge in [0.15, 0.2) is 0 Å². The van der Waals surface area contributed by atoms with Crippen LogP contribution in [0.5, 0.6) is 0 Å². The molecule has 22 heavy (non-hydrogen) atoms. The van der Waals surface area contributed by atoms with Crippen LogP contribution in [-0.2, 0) is 4.79 Å². The highest BCUT2D eigenvalue weighted by Gasteiger charge is 2.29. The summed E-state index contributed by atoms with van der Waals surface area (Å²) in [5, 5.41) is 6.52. The number of aromatic nitrogens is 3. The van der Waals surface area contributed by atoms with E-state index < -0.39 is 0 Å². The monoisotopic (exact) mass is 318 g/mol. The molecule has 1 saturated heterocycles. The van der Waals surface area contributed by atoms with Gasteiger partial charge in [-0.1, -0.05) is 6.07 Å². The van der Waals surface area contributed by atoms with E-state index in [1.165, 1.54) is 0 Å².